The van der Waals surface area contributed by atoms with Crippen molar-refractivity contribution < 1.29 is 17.6 Å². The molecule has 0 saturated carbocycles. The predicted molar refractivity (Wildman–Crippen MR) is 120 cm³/mol. The lowest BCUT2D eigenvalue weighted by atomic mass is 10.1. The molecule has 1 saturated heterocycles. The van der Waals surface area contributed by atoms with Gasteiger partial charge in [-0.25, -0.2) is 13.1 Å². The normalized spacial score (nSPS) is 14.4. The van der Waals surface area contributed by atoms with Gasteiger partial charge < -0.3 is 14.6 Å². The van der Waals surface area contributed by atoms with Gasteiger partial charge in [0.2, 0.25) is 10.0 Å². The minimum Gasteiger partial charge on any atom is -0.468 e. The largest absolute Gasteiger partial charge is 0.468 e. The summed E-state index contributed by atoms with van der Waals surface area (Å²) in [5.41, 5.74) is 2.07. The van der Waals surface area contributed by atoms with E-state index >= 15 is 0 Å². The minimum absolute atomic E-state index is 0.0205. The first kappa shape index (κ1) is 21.1. The van der Waals surface area contributed by atoms with Crippen molar-refractivity contribution in [3.8, 4) is 0 Å². The van der Waals surface area contributed by atoms with Crippen LogP contribution < -0.4 is 14.9 Å². The Kier molecular flexibility index (Phi) is 6.39. The van der Waals surface area contributed by atoms with Crippen LogP contribution in [-0.2, 0) is 16.6 Å². The van der Waals surface area contributed by atoms with E-state index in [2.05, 4.69) is 14.9 Å². The van der Waals surface area contributed by atoms with E-state index in [1.165, 1.54) is 37.7 Å². The van der Waals surface area contributed by atoms with Gasteiger partial charge in [0, 0.05) is 30.0 Å². The second-order valence-corrected chi connectivity index (χ2v) is 9.25. The summed E-state index contributed by atoms with van der Waals surface area (Å²) in [6.45, 7) is 2.15. The van der Waals surface area contributed by atoms with Crippen LogP contribution in [0.25, 0.3) is 0 Å². The zero-order valence-electron chi connectivity index (χ0n) is 17.1. The molecule has 0 aliphatic carbocycles. The first-order valence-electron chi connectivity index (χ1n) is 10.3. The van der Waals surface area contributed by atoms with Crippen LogP contribution in [0.2, 0.25) is 0 Å². The van der Waals surface area contributed by atoms with Crippen molar-refractivity contribution in [3.63, 3.8) is 0 Å². The van der Waals surface area contributed by atoms with Crippen LogP contribution in [0.5, 0.6) is 0 Å². The average Bonchev–Trinajstić information content (AvgIpc) is 3.33. The Balaban J connectivity index is 1.41. The maximum Gasteiger partial charge on any atom is 0.255 e. The average molecular weight is 440 g/mol. The number of carbonyl (C=O) groups excluding carboxylic acids is 1. The van der Waals surface area contributed by atoms with Gasteiger partial charge in [0.1, 0.15) is 5.76 Å². The van der Waals surface area contributed by atoms with Gasteiger partial charge in [0.25, 0.3) is 5.91 Å². The molecule has 1 aliphatic heterocycles. The highest BCUT2D eigenvalue weighted by Gasteiger charge is 2.17. The van der Waals surface area contributed by atoms with Crippen LogP contribution in [0, 0.1) is 0 Å². The lowest BCUT2D eigenvalue weighted by molar-refractivity contribution is 0.102. The fraction of sp³-hybridized carbons (Fsp3) is 0.261. The SMILES string of the molecule is O=C(Nc1ccc(N2CCCCC2)cc1)c1cccc(S(=O)(=O)NCc2ccco2)c1. The molecule has 0 spiro atoms. The number of anilines is 2. The van der Waals surface area contributed by atoms with Gasteiger partial charge in [-0.15, -0.1) is 0 Å². The van der Waals surface area contributed by atoms with E-state index in [0.29, 0.717) is 11.4 Å². The second-order valence-electron chi connectivity index (χ2n) is 7.48. The lowest BCUT2D eigenvalue weighted by Crippen LogP contribution is -2.29. The second kappa shape index (κ2) is 9.36. The maximum absolute atomic E-state index is 12.7. The summed E-state index contributed by atoms with van der Waals surface area (Å²) in [5, 5.41) is 2.83. The highest BCUT2D eigenvalue weighted by atomic mass is 32.2. The topological polar surface area (TPSA) is 91.7 Å². The third-order valence-electron chi connectivity index (χ3n) is 5.27. The molecule has 4 rings (SSSR count). The molecular weight excluding hydrogens is 414 g/mol. The number of furan rings is 1. The lowest BCUT2D eigenvalue weighted by Gasteiger charge is -2.28. The zero-order chi connectivity index (χ0) is 21.7. The van der Waals surface area contributed by atoms with Crippen molar-refractivity contribution in [2.24, 2.45) is 0 Å². The van der Waals surface area contributed by atoms with Gasteiger partial charge in [0.05, 0.1) is 17.7 Å². The summed E-state index contributed by atoms with van der Waals surface area (Å²) < 4.78 is 32.7. The highest BCUT2D eigenvalue weighted by molar-refractivity contribution is 7.89. The molecule has 1 aliphatic rings. The van der Waals surface area contributed by atoms with E-state index in [1.54, 1.807) is 24.3 Å². The van der Waals surface area contributed by atoms with Gasteiger partial charge in [-0.3, -0.25) is 4.79 Å². The predicted octanol–water partition coefficient (Wildman–Crippen LogP) is 4.00. The number of hydrogen-bond donors (Lipinski definition) is 2. The van der Waals surface area contributed by atoms with Crippen molar-refractivity contribution in [2.45, 2.75) is 30.7 Å². The summed E-state index contributed by atoms with van der Waals surface area (Å²) in [6.07, 6.45) is 5.16. The fourth-order valence-electron chi connectivity index (χ4n) is 3.58. The summed E-state index contributed by atoms with van der Waals surface area (Å²) in [4.78, 5) is 15.0. The summed E-state index contributed by atoms with van der Waals surface area (Å²) >= 11 is 0. The van der Waals surface area contributed by atoms with Gasteiger partial charge in [-0.05, 0) is 73.9 Å². The molecule has 1 fully saturated rings. The van der Waals surface area contributed by atoms with Gasteiger partial charge in [0.15, 0.2) is 0 Å². The molecule has 2 N–H and O–H groups in total. The van der Waals surface area contributed by atoms with E-state index in [1.807, 2.05) is 24.3 Å². The zero-order valence-corrected chi connectivity index (χ0v) is 17.9. The van der Waals surface area contributed by atoms with E-state index in [4.69, 9.17) is 4.42 Å². The van der Waals surface area contributed by atoms with Crippen LogP contribution in [0.15, 0.2) is 76.2 Å². The Bertz CT molecular complexity index is 1120. The van der Waals surface area contributed by atoms with Crippen molar-refractivity contribution in [1.82, 2.24) is 4.72 Å². The number of hydrogen-bond acceptors (Lipinski definition) is 5. The molecule has 0 unspecified atom stereocenters. The van der Waals surface area contributed by atoms with Gasteiger partial charge >= 0.3 is 0 Å². The molecular formula is C23H25N3O4S. The highest BCUT2D eigenvalue weighted by Crippen LogP contribution is 2.22. The number of benzene rings is 2. The quantitative estimate of drug-likeness (QED) is 0.581. The van der Waals surface area contributed by atoms with Crippen molar-refractivity contribution in [3.05, 3.63) is 78.3 Å². The molecule has 2 aromatic carbocycles. The number of amides is 1. The molecule has 0 atom stereocenters. The Morgan fingerprint density at radius 1 is 0.968 bits per heavy atom. The van der Waals surface area contributed by atoms with Crippen LogP contribution in [0.4, 0.5) is 11.4 Å². The standard InChI is InChI=1S/C23H25N3O4S/c27-23(25-19-9-11-20(12-10-19)26-13-2-1-3-14-26)18-6-4-8-22(16-18)31(28,29)24-17-21-7-5-15-30-21/h4-12,15-16,24H,1-3,13-14,17H2,(H,25,27). The van der Waals surface area contributed by atoms with Crippen LogP contribution >= 0.6 is 0 Å². The molecule has 0 radical (unpaired) electrons. The van der Waals surface area contributed by atoms with Crippen LogP contribution in [0.1, 0.15) is 35.4 Å². The fourth-order valence-corrected chi connectivity index (χ4v) is 4.62. The third-order valence-corrected chi connectivity index (χ3v) is 6.67. The summed E-state index contributed by atoms with van der Waals surface area (Å²) in [6, 6.07) is 17.1. The Morgan fingerprint density at radius 3 is 2.45 bits per heavy atom. The summed E-state index contributed by atoms with van der Waals surface area (Å²) in [5.74, 6) is 0.138. The monoisotopic (exact) mass is 439 g/mol. The van der Waals surface area contributed by atoms with E-state index in [-0.39, 0.29) is 22.9 Å². The first-order valence-corrected chi connectivity index (χ1v) is 11.8. The van der Waals surface area contributed by atoms with Crippen LogP contribution in [0.3, 0.4) is 0 Å². The van der Waals surface area contributed by atoms with E-state index in [9.17, 15) is 13.2 Å². The number of rotatable bonds is 7. The molecule has 1 aromatic heterocycles. The number of piperidine rings is 1. The Labute approximate surface area is 182 Å². The van der Waals surface area contributed by atoms with Gasteiger partial charge in [-0.1, -0.05) is 6.07 Å². The van der Waals surface area contributed by atoms with Gasteiger partial charge in [-0.2, -0.15) is 0 Å². The van der Waals surface area contributed by atoms with Crippen molar-refractivity contribution in [2.75, 3.05) is 23.3 Å². The van der Waals surface area contributed by atoms with E-state index in [0.717, 1.165) is 18.8 Å². The molecule has 8 heteroatoms. The maximum atomic E-state index is 12.7. The molecule has 0 bridgehead atoms. The molecule has 31 heavy (non-hydrogen) atoms. The number of carbonyl (C=O) groups is 1. The molecule has 3 aromatic rings. The van der Waals surface area contributed by atoms with E-state index < -0.39 is 10.0 Å². The Hall–Kier alpha value is -3.10. The number of nitrogens with one attached hydrogen (secondary N) is 2. The molecule has 2 heterocycles. The van der Waals surface area contributed by atoms with Crippen molar-refractivity contribution in [1.29, 1.82) is 0 Å². The third kappa shape index (κ3) is 5.34. The van der Waals surface area contributed by atoms with Crippen molar-refractivity contribution >= 4 is 27.3 Å². The summed E-state index contributed by atoms with van der Waals surface area (Å²) in [7, 11) is -3.78. The molecule has 162 valence electrons. The van der Waals surface area contributed by atoms with Crippen LogP contribution in [-0.4, -0.2) is 27.4 Å². The molecule has 7 nitrogen and oxygen atoms in total. The molecule has 1 amide bonds. The smallest absolute Gasteiger partial charge is 0.255 e. The minimum atomic E-state index is -3.78. The number of nitrogens with zero attached hydrogens (tertiary/aromatic N) is 1. The Morgan fingerprint density at radius 2 is 1.74 bits per heavy atom. The first-order chi connectivity index (χ1) is 15.0. The number of sulfonamides is 1.